The second-order valence-electron chi connectivity index (χ2n) is 5.64. The monoisotopic (exact) mass is 416 g/mol. The van der Waals surface area contributed by atoms with E-state index in [0.717, 1.165) is 16.2 Å². The maximum absolute atomic E-state index is 13.6. The highest BCUT2D eigenvalue weighted by Gasteiger charge is 2.16. The maximum atomic E-state index is 13.6. The van der Waals surface area contributed by atoms with E-state index in [9.17, 15) is 9.18 Å². The second kappa shape index (κ2) is 8.68. The topological polar surface area (TPSA) is 88.4 Å². The Hall–Kier alpha value is -3.17. The molecule has 1 aromatic heterocycles. The molecule has 0 saturated heterocycles. The van der Waals surface area contributed by atoms with Crippen LogP contribution in [-0.2, 0) is 0 Å². The minimum atomic E-state index is -0.454. The van der Waals surface area contributed by atoms with Crippen LogP contribution in [0.5, 0.6) is 5.75 Å². The van der Waals surface area contributed by atoms with Crippen molar-refractivity contribution in [3.8, 4) is 16.2 Å². The number of hydrogen-bond donors (Lipinski definition) is 4. The molecule has 144 valence electrons. The Bertz CT molecular complexity index is 1010. The standard InChI is InChI=1S/C19H17FN4O2S2/c1-26-12-8-6-11(7-9-12)16-10-14(21)17(28-16)18(25)23-24-19(27)22-15-5-3-2-4-13(15)20/h2-10H,21H2,1H3,(H,23,25)(H2,22,24,27). The molecule has 0 bridgehead atoms. The van der Waals surface area contributed by atoms with Crippen LogP contribution in [-0.4, -0.2) is 18.1 Å². The molecule has 3 rings (SSSR count). The molecule has 1 heterocycles. The van der Waals surface area contributed by atoms with Gasteiger partial charge in [-0.05, 0) is 60.2 Å². The number of ether oxygens (including phenoxy) is 1. The Morgan fingerprint density at radius 1 is 1.14 bits per heavy atom. The van der Waals surface area contributed by atoms with Crippen LogP contribution in [0.2, 0.25) is 0 Å². The van der Waals surface area contributed by atoms with Crippen LogP contribution in [0, 0.1) is 5.82 Å². The number of nitrogens with one attached hydrogen (secondary N) is 3. The van der Waals surface area contributed by atoms with Crippen LogP contribution in [0.4, 0.5) is 15.8 Å². The summed E-state index contributed by atoms with van der Waals surface area (Å²) in [5.41, 5.74) is 12.4. The third-order valence-electron chi connectivity index (χ3n) is 3.75. The van der Waals surface area contributed by atoms with E-state index in [1.54, 1.807) is 25.3 Å². The summed E-state index contributed by atoms with van der Waals surface area (Å²) in [5, 5.41) is 2.71. The van der Waals surface area contributed by atoms with Crippen molar-refractivity contribution in [2.24, 2.45) is 0 Å². The first-order chi connectivity index (χ1) is 13.5. The molecule has 0 aliphatic heterocycles. The fourth-order valence-electron chi connectivity index (χ4n) is 2.37. The molecule has 0 spiro atoms. The number of halogens is 1. The van der Waals surface area contributed by atoms with Crippen LogP contribution >= 0.6 is 23.6 Å². The first-order valence-corrected chi connectivity index (χ1v) is 9.36. The van der Waals surface area contributed by atoms with E-state index >= 15 is 0 Å². The summed E-state index contributed by atoms with van der Waals surface area (Å²) >= 11 is 6.31. The lowest BCUT2D eigenvalue weighted by Crippen LogP contribution is -2.43. The number of hydrogen-bond acceptors (Lipinski definition) is 5. The van der Waals surface area contributed by atoms with Crippen LogP contribution in [0.25, 0.3) is 10.4 Å². The predicted molar refractivity (Wildman–Crippen MR) is 114 cm³/mol. The molecule has 9 heteroatoms. The van der Waals surface area contributed by atoms with Gasteiger partial charge in [-0.15, -0.1) is 11.3 Å². The van der Waals surface area contributed by atoms with E-state index in [4.69, 9.17) is 22.7 Å². The van der Waals surface area contributed by atoms with Crippen molar-refractivity contribution in [3.05, 3.63) is 65.3 Å². The molecule has 0 radical (unpaired) electrons. The highest BCUT2D eigenvalue weighted by molar-refractivity contribution is 7.80. The molecule has 1 amide bonds. The number of carbonyl (C=O) groups excluding carboxylic acids is 1. The van der Waals surface area contributed by atoms with E-state index in [2.05, 4.69) is 16.2 Å². The van der Waals surface area contributed by atoms with Gasteiger partial charge in [-0.25, -0.2) is 4.39 Å². The van der Waals surface area contributed by atoms with Gasteiger partial charge in [0, 0.05) is 4.88 Å². The third kappa shape index (κ3) is 4.56. The number of benzene rings is 2. The highest BCUT2D eigenvalue weighted by atomic mass is 32.1. The van der Waals surface area contributed by atoms with Crippen molar-refractivity contribution in [3.63, 3.8) is 0 Å². The van der Waals surface area contributed by atoms with Crippen LogP contribution < -0.4 is 26.6 Å². The van der Waals surface area contributed by atoms with Crippen LogP contribution in [0.15, 0.2) is 54.6 Å². The molecule has 0 aliphatic rings. The van der Waals surface area contributed by atoms with Gasteiger partial charge in [-0.3, -0.25) is 15.6 Å². The fourth-order valence-corrected chi connectivity index (χ4v) is 3.51. The minimum Gasteiger partial charge on any atom is -0.497 e. The lowest BCUT2D eigenvalue weighted by atomic mass is 10.2. The maximum Gasteiger partial charge on any atom is 0.281 e. The third-order valence-corrected chi connectivity index (χ3v) is 5.16. The number of nitrogens with two attached hydrogens (primary N) is 1. The number of methoxy groups -OCH3 is 1. The normalized spacial score (nSPS) is 10.2. The predicted octanol–water partition coefficient (Wildman–Crippen LogP) is 3.78. The van der Waals surface area contributed by atoms with Crippen molar-refractivity contribution in [2.75, 3.05) is 18.2 Å². The summed E-state index contributed by atoms with van der Waals surface area (Å²) in [6, 6.07) is 15.2. The molecule has 0 unspecified atom stereocenters. The minimum absolute atomic E-state index is 0.0453. The smallest absolute Gasteiger partial charge is 0.281 e. The lowest BCUT2D eigenvalue weighted by molar-refractivity contribution is 0.0949. The Morgan fingerprint density at radius 3 is 2.54 bits per heavy atom. The number of rotatable bonds is 4. The zero-order chi connectivity index (χ0) is 20.1. The van der Waals surface area contributed by atoms with Crippen molar-refractivity contribution in [1.29, 1.82) is 0 Å². The van der Waals surface area contributed by atoms with E-state index in [1.807, 2.05) is 24.3 Å². The Labute approximate surface area is 170 Å². The van der Waals surface area contributed by atoms with Gasteiger partial charge in [0.2, 0.25) is 0 Å². The number of thiophene rings is 1. The van der Waals surface area contributed by atoms with Gasteiger partial charge in [0.25, 0.3) is 5.91 Å². The molecule has 0 atom stereocenters. The largest absolute Gasteiger partial charge is 0.497 e. The average molecular weight is 417 g/mol. The van der Waals surface area contributed by atoms with Gasteiger partial charge in [0.05, 0.1) is 18.5 Å². The Kier molecular flexibility index (Phi) is 6.07. The first kappa shape index (κ1) is 19.6. The summed E-state index contributed by atoms with van der Waals surface area (Å²) in [6.45, 7) is 0. The SMILES string of the molecule is COc1ccc(-c2cc(N)c(C(=O)NNC(=S)Nc3ccccc3F)s2)cc1. The Morgan fingerprint density at radius 2 is 1.86 bits per heavy atom. The van der Waals surface area contributed by atoms with E-state index < -0.39 is 11.7 Å². The van der Waals surface area contributed by atoms with E-state index in [1.165, 1.54) is 23.5 Å². The van der Waals surface area contributed by atoms with Gasteiger partial charge in [-0.1, -0.05) is 12.1 Å². The van der Waals surface area contributed by atoms with Crippen molar-refractivity contribution in [1.82, 2.24) is 10.9 Å². The summed E-state index contributed by atoms with van der Waals surface area (Å²) in [4.78, 5) is 13.6. The zero-order valence-electron chi connectivity index (χ0n) is 14.8. The van der Waals surface area contributed by atoms with Crippen molar-refractivity contribution < 1.29 is 13.9 Å². The number of thiocarbonyl (C=S) groups is 1. The molecule has 5 N–H and O–H groups in total. The first-order valence-electron chi connectivity index (χ1n) is 8.13. The lowest BCUT2D eigenvalue weighted by Gasteiger charge is -2.11. The van der Waals surface area contributed by atoms with E-state index in [0.29, 0.717) is 10.6 Å². The van der Waals surface area contributed by atoms with Crippen LogP contribution in [0.1, 0.15) is 9.67 Å². The fraction of sp³-hybridized carbons (Fsp3) is 0.0526. The molecule has 28 heavy (non-hydrogen) atoms. The number of carbonyl (C=O) groups is 1. The molecule has 0 fully saturated rings. The van der Waals surface area contributed by atoms with E-state index in [-0.39, 0.29) is 10.8 Å². The summed E-state index contributed by atoms with van der Waals surface area (Å²) in [5.74, 6) is -0.157. The van der Waals surface area contributed by atoms with Gasteiger partial charge < -0.3 is 15.8 Å². The Balaban J connectivity index is 1.63. The molecular weight excluding hydrogens is 399 g/mol. The highest BCUT2D eigenvalue weighted by Crippen LogP contribution is 2.33. The summed E-state index contributed by atoms with van der Waals surface area (Å²) in [7, 11) is 1.60. The van der Waals surface area contributed by atoms with Crippen molar-refractivity contribution in [2.45, 2.75) is 0 Å². The quantitative estimate of drug-likeness (QED) is 0.382. The molecule has 3 aromatic rings. The molecule has 0 aliphatic carbocycles. The van der Waals surface area contributed by atoms with Crippen LogP contribution in [0.3, 0.4) is 0 Å². The zero-order valence-corrected chi connectivity index (χ0v) is 16.4. The molecule has 6 nitrogen and oxygen atoms in total. The van der Waals surface area contributed by atoms with Gasteiger partial charge in [0.1, 0.15) is 16.4 Å². The van der Waals surface area contributed by atoms with Crippen molar-refractivity contribution >= 4 is 45.9 Å². The average Bonchev–Trinajstić information content (AvgIpc) is 3.10. The number of amides is 1. The number of nitrogen functional groups attached to an aromatic ring is 1. The number of anilines is 2. The summed E-state index contributed by atoms with van der Waals surface area (Å²) < 4.78 is 18.8. The number of para-hydroxylation sites is 1. The molecular formula is C19H17FN4O2S2. The van der Waals surface area contributed by atoms with Gasteiger partial charge >= 0.3 is 0 Å². The molecule has 2 aromatic carbocycles. The second-order valence-corrected chi connectivity index (χ2v) is 7.10. The molecule has 0 saturated carbocycles. The van der Waals surface area contributed by atoms with Gasteiger partial charge in [0.15, 0.2) is 5.11 Å². The number of hydrazine groups is 1. The van der Waals surface area contributed by atoms with Gasteiger partial charge in [-0.2, -0.15) is 0 Å². The summed E-state index contributed by atoms with van der Waals surface area (Å²) in [6.07, 6.45) is 0.